The van der Waals surface area contributed by atoms with E-state index in [9.17, 15) is 4.79 Å². The Labute approximate surface area is 121 Å². The summed E-state index contributed by atoms with van der Waals surface area (Å²) >= 11 is 0. The fourth-order valence-corrected chi connectivity index (χ4v) is 2.81. The third-order valence-corrected chi connectivity index (χ3v) is 3.80. The average Bonchev–Trinajstić information content (AvgIpc) is 2.99. The van der Waals surface area contributed by atoms with E-state index in [4.69, 9.17) is 0 Å². The van der Waals surface area contributed by atoms with E-state index in [1.165, 1.54) is 0 Å². The molecule has 4 heteroatoms. The van der Waals surface area contributed by atoms with Crippen molar-refractivity contribution < 1.29 is 4.79 Å². The molecule has 0 unspecified atom stereocenters. The maximum absolute atomic E-state index is 12.2. The topological polar surface area (TPSA) is 46.9 Å². The van der Waals surface area contributed by atoms with Crippen molar-refractivity contribution in [2.24, 2.45) is 7.05 Å². The van der Waals surface area contributed by atoms with Crippen LogP contribution in [-0.4, -0.2) is 15.5 Å². The highest BCUT2D eigenvalue weighted by atomic mass is 16.2. The zero-order chi connectivity index (χ0) is 14.4. The van der Waals surface area contributed by atoms with Crippen LogP contribution in [-0.2, 0) is 11.8 Å². The largest absolute Gasteiger partial charge is 0.350 e. The molecule has 0 radical (unpaired) electrons. The number of nitrogens with zero attached hydrogens (tertiary/aromatic N) is 2. The maximum atomic E-state index is 12.2. The van der Waals surface area contributed by atoms with Crippen LogP contribution in [0.15, 0.2) is 48.8 Å². The van der Waals surface area contributed by atoms with Gasteiger partial charge < -0.3 is 9.88 Å². The number of anilines is 1. The molecule has 0 saturated heterocycles. The van der Waals surface area contributed by atoms with E-state index >= 15 is 0 Å². The van der Waals surface area contributed by atoms with Gasteiger partial charge in [-0.25, -0.2) is 4.98 Å². The van der Waals surface area contributed by atoms with Gasteiger partial charge in [0.2, 0.25) is 0 Å². The first kappa shape index (κ1) is 11.9. The number of carbonyl (C=O) groups is 1. The van der Waals surface area contributed by atoms with Crippen molar-refractivity contribution in [3.05, 3.63) is 59.9 Å². The van der Waals surface area contributed by atoms with E-state index < -0.39 is 0 Å². The third-order valence-electron chi connectivity index (χ3n) is 3.80. The SMILES string of the molecule is Cn1cc(/C=C2/C(=O)Nc3ncccc32)c2ccccc21. The van der Waals surface area contributed by atoms with Crippen LogP contribution in [0.5, 0.6) is 0 Å². The Hall–Kier alpha value is -2.88. The van der Waals surface area contributed by atoms with E-state index in [0.29, 0.717) is 11.4 Å². The highest BCUT2D eigenvalue weighted by Gasteiger charge is 2.25. The average molecular weight is 275 g/mol. The van der Waals surface area contributed by atoms with Gasteiger partial charge in [-0.15, -0.1) is 0 Å². The van der Waals surface area contributed by atoms with Gasteiger partial charge in [-0.3, -0.25) is 4.79 Å². The van der Waals surface area contributed by atoms with Crippen LogP contribution >= 0.6 is 0 Å². The lowest BCUT2D eigenvalue weighted by molar-refractivity contribution is -0.110. The Balaban J connectivity index is 1.93. The van der Waals surface area contributed by atoms with Crippen molar-refractivity contribution in [2.75, 3.05) is 5.32 Å². The summed E-state index contributed by atoms with van der Waals surface area (Å²) in [5.41, 5.74) is 3.70. The lowest BCUT2D eigenvalue weighted by Gasteiger charge is -1.96. The normalized spacial score (nSPS) is 15.5. The van der Waals surface area contributed by atoms with Gasteiger partial charge in [0.25, 0.3) is 5.91 Å². The second-order valence-electron chi connectivity index (χ2n) is 5.12. The Bertz CT molecular complexity index is 905. The molecule has 3 aromatic rings. The molecular formula is C17H13N3O. The lowest BCUT2D eigenvalue weighted by atomic mass is 10.1. The summed E-state index contributed by atoms with van der Waals surface area (Å²) in [6, 6.07) is 11.9. The molecule has 3 heterocycles. The summed E-state index contributed by atoms with van der Waals surface area (Å²) in [4.78, 5) is 16.3. The van der Waals surface area contributed by atoms with Crippen molar-refractivity contribution in [1.82, 2.24) is 9.55 Å². The molecule has 1 aliphatic heterocycles. The Morgan fingerprint density at radius 3 is 2.95 bits per heavy atom. The Morgan fingerprint density at radius 2 is 2.05 bits per heavy atom. The molecule has 102 valence electrons. The predicted octanol–water partition coefficient (Wildman–Crippen LogP) is 3.07. The molecule has 0 spiro atoms. The van der Waals surface area contributed by atoms with Crippen molar-refractivity contribution >= 4 is 34.3 Å². The first-order valence-corrected chi connectivity index (χ1v) is 6.76. The van der Waals surface area contributed by atoms with E-state index in [-0.39, 0.29) is 5.91 Å². The molecule has 2 aromatic heterocycles. The summed E-state index contributed by atoms with van der Waals surface area (Å²) in [6.45, 7) is 0. The van der Waals surface area contributed by atoms with Crippen molar-refractivity contribution in [1.29, 1.82) is 0 Å². The number of nitrogens with one attached hydrogen (secondary N) is 1. The summed E-state index contributed by atoms with van der Waals surface area (Å²) in [7, 11) is 2.01. The molecular weight excluding hydrogens is 262 g/mol. The molecule has 0 atom stereocenters. The molecule has 0 fully saturated rings. The first-order chi connectivity index (χ1) is 10.2. The smallest absolute Gasteiger partial charge is 0.257 e. The van der Waals surface area contributed by atoms with E-state index in [1.807, 2.05) is 43.6 Å². The second kappa shape index (κ2) is 4.31. The van der Waals surface area contributed by atoms with Gasteiger partial charge in [-0.1, -0.05) is 18.2 Å². The number of amides is 1. The van der Waals surface area contributed by atoms with Crippen molar-refractivity contribution in [3.63, 3.8) is 0 Å². The van der Waals surface area contributed by atoms with Gasteiger partial charge in [0.05, 0.1) is 5.57 Å². The Morgan fingerprint density at radius 1 is 1.19 bits per heavy atom. The minimum absolute atomic E-state index is 0.100. The minimum Gasteiger partial charge on any atom is -0.350 e. The van der Waals surface area contributed by atoms with Gasteiger partial charge in [-0.2, -0.15) is 0 Å². The summed E-state index contributed by atoms with van der Waals surface area (Å²) in [6.07, 6.45) is 5.66. The number of aryl methyl sites for hydroxylation is 1. The minimum atomic E-state index is -0.100. The van der Waals surface area contributed by atoms with Crippen LogP contribution in [0.1, 0.15) is 11.1 Å². The van der Waals surface area contributed by atoms with Crippen LogP contribution in [0.2, 0.25) is 0 Å². The zero-order valence-corrected chi connectivity index (χ0v) is 11.5. The number of pyridine rings is 1. The fraction of sp³-hybridized carbons (Fsp3) is 0.0588. The predicted molar refractivity (Wildman–Crippen MR) is 83.7 cm³/mol. The summed E-state index contributed by atoms with van der Waals surface area (Å²) < 4.78 is 2.07. The Kier molecular flexibility index (Phi) is 2.44. The number of aromatic nitrogens is 2. The van der Waals surface area contributed by atoms with Crippen LogP contribution in [0, 0.1) is 0 Å². The molecule has 1 aliphatic rings. The highest BCUT2D eigenvalue weighted by Crippen LogP contribution is 2.32. The molecule has 21 heavy (non-hydrogen) atoms. The molecule has 1 aromatic carbocycles. The van der Waals surface area contributed by atoms with E-state index in [0.717, 1.165) is 22.0 Å². The third kappa shape index (κ3) is 1.76. The van der Waals surface area contributed by atoms with E-state index in [1.54, 1.807) is 6.20 Å². The molecule has 0 bridgehead atoms. The number of fused-ring (bicyclic) bond motifs is 2. The molecule has 1 N–H and O–H groups in total. The number of rotatable bonds is 1. The number of para-hydroxylation sites is 1. The van der Waals surface area contributed by atoms with Crippen LogP contribution in [0.3, 0.4) is 0 Å². The summed E-state index contributed by atoms with van der Waals surface area (Å²) in [5, 5.41) is 3.93. The quantitative estimate of drug-likeness (QED) is 0.694. The van der Waals surface area contributed by atoms with Crippen molar-refractivity contribution in [2.45, 2.75) is 0 Å². The van der Waals surface area contributed by atoms with Gasteiger partial charge in [-0.05, 0) is 24.3 Å². The molecule has 1 amide bonds. The van der Waals surface area contributed by atoms with Crippen LogP contribution in [0.25, 0.3) is 22.6 Å². The van der Waals surface area contributed by atoms with Crippen LogP contribution in [0.4, 0.5) is 5.82 Å². The van der Waals surface area contributed by atoms with Gasteiger partial charge in [0, 0.05) is 41.5 Å². The van der Waals surface area contributed by atoms with Gasteiger partial charge >= 0.3 is 0 Å². The first-order valence-electron chi connectivity index (χ1n) is 6.76. The number of hydrogen-bond acceptors (Lipinski definition) is 2. The number of carbonyl (C=O) groups excluding carboxylic acids is 1. The number of benzene rings is 1. The fourth-order valence-electron chi connectivity index (χ4n) is 2.81. The van der Waals surface area contributed by atoms with Gasteiger partial charge in [0.15, 0.2) is 0 Å². The molecule has 4 rings (SSSR count). The molecule has 0 aliphatic carbocycles. The van der Waals surface area contributed by atoms with Crippen molar-refractivity contribution in [3.8, 4) is 0 Å². The molecule has 4 nitrogen and oxygen atoms in total. The standard InChI is InChI=1S/C17H13N3O/c1-20-10-11(12-5-2-3-7-15(12)20)9-14-13-6-4-8-18-16(13)19-17(14)21/h2-10H,1H3,(H,18,19,21)/b14-9+. The van der Waals surface area contributed by atoms with E-state index in [2.05, 4.69) is 27.0 Å². The van der Waals surface area contributed by atoms with Gasteiger partial charge in [0.1, 0.15) is 5.82 Å². The zero-order valence-electron chi connectivity index (χ0n) is 11.5. The van der Waals surface area contributed by atoms with Crippen LogP contribution < -0.4 is 5.32 Å². The lowest BCUT2D eigenvalue weighted by Crippen LogP contribution is -2.04. The highest BCUT2D eigenvalue weighted by molar-refractivity contribution is 6.34. The maximum Gasteiger partial charge on any atom is 0.257 e. The second-order valence-corrected chi connectivity index (χ2v) is 5.12. The molecule has 0 saturated carbocycles. The summed E-state index contributed by atoms with van der Waals surface area (Å²) in [5.74, 6) is 0.533. The number of hydrogen-bond donors (Lipinski definition) is 1. The monoisotopic (exact) mass is 275 g/mol.